The third kappa shape index (κ3) is 3.43. The molecule has 0 saturated carbocycles. The van der Waals surface area contributed by atoms with Crippen molar-refractivity contribution in [1.82, 2.24) is 0 Å². The van der Waals surface area contributed by atoms with Crippen LogP contribution < -0.4 is 4.90 Å². The molecule has 1 unspecified atom stereocenters. The standard InChI is InChI=1S/C18H18N8/c1-4-26(5-2)14-6-7-16(13(3)10-14)22-24-18(8-9-19)15(11-20)17(12-21)23-25-18/h6-7,10H,4-5,8H2,1-3H3. The van der Waals surface area contributed by atoms with E-state index in [4.69, 9.17) is 10.5 Å². The molecule has 0 saturated heterocycles. The third-order valence-electron chi connectivity index (χ3n) is 4.13. The van der Waals surface area contributed by atoms with Gasteiger partial charge >= 0.3 is 0 Å². The molecule has 1 heterocycles. The lowest BCUT2D eigenvalue weighted by molar-refractivity contribution is 0.520. The summed E-state index contributed by atoms with van der Waals surface area (Å²) in [5.41, 5.74) is 0.874. The number of aryl methyl sites for hydroxylation is 1. The molecule has 1 aromatic rings. The second-order valence-corrected chi connectivity index (χ2v) is 5.64. The Bertz CT molecular complexity index is 903. The molecule has 1 atom stereocenters. The maximum atomic E-state index is 9.34. The molecule has 1 aromatic carbocycles. The Kier molecular flexibility index (Phi) is 5.78. The summed E-state index contributed by atoms with van der Waals surface area (Å²) in [6.07, 6.45) is -0.218. The molecular formula is C18H18N8. The van der Waals surface area contributed by atoms with E-state index in [0.29, 0.717) is 5.69 Å². The van der Waals surface area contributed by atoms with E-state index in [9.17, 15) is 5.26 Å². The highest BCUT2D eigenvalue weighted by molar-refractivity contribution is 5.57. The summed E-state index contributed by atoms with van der Waals surface area (Å²) in [6, 6.07) is 11.4. The molecule has 130 valence electrons. The maximum absolute atomic E-state index is 9.34. The van der Waals surface area contributed by atoms with Crippen LogP contribution in [0.2, 0.25) is 0 Å². The van der Waals surface area contributed by atoms with Crippen LogP contribution in [0.3, 0.4) is 0 Å². The van der Waals surface area contributed by atoms with Gasteiger partial charge in [0.05, 0.1) is 18.2 Å². The molecule has 8 heteroatoms. The van der Waals surface area contributed by atoms with E-state index in [-0.39, 0.29) is 17.7 Å². The van der Waals surface area contributed by atoms with Crippen LogP contribution in [0.5, 0.6) is 0 Å². The smallest absolute Gasteiger partial charge is 0.241 e. The van der Waals surface area contributed by atoms with E-state index < -0.39 is 5.66 Å². The molecule has 0 fully saturated rings. The van der Waals surface area contributed by atoms with E-state index in [1.807, 2.05) is 37.3 Å². The minimum absolute atomic E-state index is 0.0530. The first kappa shape index (κ1) is 18.8. The summed E-state index contributed by atoms with van der Waals surface area (Å²) in [7, 11) is 0. The van der Waals surface area contributed by atoms with Gasteiger partial charge in [-0.3, -0.25) is 0 Å². The van der Waals surface area contributed by atoms with Crippen LogP contribution in [-0.4, -0.2) is 18.8 Å². The third-order valence-corrected chi connectivity index (χ3v) is 4.13. The molecule has 26 heavy (non-hydrogen) atoms. The van der Waals surface area contributed by atoms with Crippen molar-refractivity contribution in [2.45, 2.75) is 32.9 Å². The Labute approximate surface area is 152 Å². The van der Waals surface area contributed by atoms with Gasteiger partial charge in [0.1, 0.15) is 17.7 Å². The quantitative estimate of drug-likeness (QED) is 0.712. The van der Waals surface area contributed by atoms with Gasteiger partial charge < -0.3 is 4.90 Å². The fourth-order valence-corrected chi connectivity index (χ4v) is 2.66. The fraction of sp³-hybridized carbons (Fsp3) is 0.389. The van der Waals surface area contributed by atoms with Crippen molar-refractivity contribution in [3.8, 4) is 18.2 Å². The van der Waals surface area contributed by atoms with Crippen LogP contribution in [0.25, 0.3) is 0 Å². The Morgan fingerprint density at radius 1 is 1.15 bits per heavy atom. The van der Waals surface area contributed by atoms with Gasteiger partial charge in [0, 0.05) is 18.8 Å². The first-order valence-corrected chi connectivity index (χ1v) is 8.18. The van der Waals surface area contributed by atoms with Gasteiger partial charge in [-0.15, -0.1) is 15.3 Å². The highest BCUT2D eigenvalue weighted by Crippen LogP contribution is 2.37. The van der Waals surface area contributed by atoms with Gasteiger partial charge in [-0.25, -0.2) is 0 Å². The monoisotopic (exact) mass is 346 g/mol. The highest BCUT2D eigenvalue weighted by atomic mass is 15.3. The average molecular weight is 346 g/mol. The Morgan fingerprint density at radius 2 is 1.88 bits per heavy atom. The molecule has 0 N–H and O–H groups in total. The fourth-order valence-electron chi connectivity index (χ4n) is 2.66. The van der Waals surface area contributed by atoms with Crippen molar-refractivity contribution in [3.63, 3.8) is 0 Å². The molecule has 1 aliphatic heterocycles. The van der Waals surface area contributed by atoms with Crippen molar-refractivity contribution in [3.05, 3.63) is 35.0 Å². The maximum Gasteiger partial charge on any atom is 0.241 e. The minimum Gasteiger partial charge on any atom is -0.372 e. The molecule has 8 nitrogen and oxygen atoms in total. The molecule has 0 bridgehead atoms. The minimum atomic E-state index is -1.54. The summed E-state index contributed by atoms with van der Waals surface area (Å²) < 4.78 is 0. The second-order valence-electron chi connectivity index (χ2n) is 5.64. The summed E-state index contributed by atoms with van der Waals surface area (Å²) in [5.74, 6) is 0. The molecule has 0 spiro atoms. The van der Waals surface area contributed by atoms with Gasteiger partial charge in [0.2, 0.25) is 5.66 Å². The van der Waals surface area contributed by atoms with Crippen LogP contribution in [0, 0.1) is 40.9 Å². The van der Waals surface area contributed by atoms with Gasteiger partial charge in [-0.05, 0) is 44.5 Å². The van der Waals surface area contributed by atoms with E-state index in [1.165, 1.54) is 0 Å². The van der Waals surface area contributed by atoms with Gasteiger partial charge in [-0.2, -0.15) is 20.9 Å². The zero-order valence-corrected chi connectivity index (χ0v) is 14.9. The summed E-state index contributed by atoms with van der Waals surface area (Å²) in [6.45, 7) is 7.89. The number of hydrogen-bond acceptors (Lipinski definition) is 8. The van der Waals surface area contributed by atoms with Crippen LogP contribution in [-0.2, 0) is 0 Å². The van der Waals surface area contributed by atoms with Crippen molar-refractivity contribution in [2.24, 2.45) is 20.5 Å². The molecule has 0 aromatic heterocycles. The van der Waals surface area contributed by atoms with Crippen LogP contribution >= 0.6 is 0 Å². The van der Waals surface area contributed by atoms with Crippen LogP contribution in [0.15, 0.2) is 49.9 Å². The summed E-state index contributed by atoms with van der Waals surface area (Å²) >= 11 is 0. The van der Waals surface area contributed by atoms with E-state index in [1.54, 1.807) is 6.07 Å². The molecule has 1 aliphatic rings. The highest BCUT2D eigenvalue weighted by Gasteiger charge is 2.42. The van der Waals surface area contributed by atoms with Crippen molar-refractivity contribution in [1.29, 1.82) is 15.8 Å². The number of nitrogens with zero attached hydrogens (tertiary/aromatic N) is 8. The first-order chi connectivity index (χ1) is 12.5. The Hall–Kier alpha value is -3.57. The average Bonchev–Trinajstić information content (AvgIpc) is 3.00. The lowest BCUT2D eigenvalue weighted by atomic mass is 9.98. The van der Waals surface area contributed by atoms with E-state index in [0.717, 1.165) is 24.3 Å². The molecular weight excluding hydrogens is 328 g/mol. The predicted octanol–water partition coefficient (Wildman–Crippen LogP) is 4.30. The van der Waals surface area contributed by atoms with Gasteiger partial charge in [0.15, 0.2) is 5.70 Å². The lowest BCUT2D eigenvalue weighted by Crippen LogP contribution is -2.23. The van der Waals surface area contributed by atoms with Crippen molar-refractivity contribution >= 4 is 11.4 Å². The van der Waals surface area contributed by atoms with Crippen LogP contribution in [0.4, 0.5) is 11.4 Å². The zero-order chi connectivity index (χ0) is 19.2. The number of azo groups is 2. The number of hydrogen-bond donors (Lipinski definition) is 0. The Balaban J connectivity index is 2.41. The lowest BCUT2D eigenvalue weighted by Gasteiger charge is -2.21. The second kappa shape index (κ2) is 8.00. The number of anilines is 1. The SMILES string of the molecule is CCN(CC)c1ccc(N=NC2(CC#N)N=NC(C#N)=C2C#N)c(C)c1. The summed E-state index contributed by atoms with van der Waals surface area (Å²) in [5, 5.41) is 43.4. The number of rotatable bonds is 6. The molecule has 0 aliphatic carbocycles. The van der Waals surface area contributed by atoms with Crippen LogP contribution in [0.1, 0.15) is 25.8 Å². The summed E-state index contributed by atoms with van der Waals surface area (Å²) in [4.78, 5) is 2.21. The zero-order valence-electron chi connectivity index (χ0n) is 14.9. The van der Waals surface area contributed by atoms with Crippen molar-refractivity contribution < 1.29 is 0 Å². The molecule has 0 radical (unpaired) electrons. The number of allylic oxidation sites excluding steroid dienone is 1. The van der Waals surface area contributed by atoms with Gasteiger partial charge in [0.25, 0.3) is 0 Å². The largest absolute Gasteiger partial charge is 0.372 e. The van der Waals surface area contributed by atoms with E-state index >= 15 is 0 Å². The Morgan fingerprint density at radius 3 is 2.42 bits per heavy atom. The predicted molar refractivity (Wildman–Crippen MR) is 95.3 cm³/mol. The molecule has 0 amide bonds. The topological polar surface area (TPSA) is 124 Å². The number of nitriles is 3. The van der Waals surface area contributed by atoms with Crippen molar-refractivity contribution in [2.75, 3.05) is 18.0 Å². The van der Waals surface area contributed by atoms with E-state index in [2.05, 4.69) is 39.2 Å². The molecule has 2 rings (SSSR count). The number of benzene rings is 1. The first-order valence-electron chi connectivity index (χ1n) is 8.18. The van der Waals surface area contributed by atoms with Gasteiger partial charge in [-0.1, -0.05) is 0 Å². The normalized spacial score (nSPS) is 18.6.